The van der Waals surface area contributed by atoms with Gasteiger partial charge in [0.2, 0.25) is 8.32 Å². The minimum Gasteiger partial charge on any atom is -0.428 e. The lowest BCUT2D eigenvalue weighted by atomic mass is 10.2. The summed E-state index contributed by atoms with van der Waals surface area (Å²) in [6.45, 7) is 4.35. The summed E-state index contributed by atoms with van der Waals surface area (Å²) in [6.07, 6.45) is 0. The first-order valence-corrected chi connectivity index (χ1v) is 7.00. The van der Waals surface area contributed by atoms with Crippen LogP contribution in [-0.2, 0) is 6.54 Å². The fraction of sp³-hybridized carbons (Fsp3) is 0.333. The molecule has 0 radical (unpaired) electrons. The SMILES string of the molecule is C[Si](C)(O)c1cccc(CN)c1. The Morgan fingerprint density at radius 1 is 1.42 bits per heavy atom. The lowest BCUT2D eigenvalue weighted by Gasteiger charge is -2.14. The van der Waals surface area contributed by atoms with Crippen LogP contribution in [0.15, 0.2) is 24.3 Å². The van der Waals surface area contributed by atoms with Crippen molar-refractivity contribution in [2.75, 3.05) is 0 Å². The monoisotopic (exact) mass is 181 g/mol. The molecule has 2 nitrogen and oxygen atoms in total. The third kappa shape index (κ3) is 2.17. The van der Waals surface area contributed by atoms with Crippen LogP contribution in [0.2, 0.25) is 13.1 Å². The van der Waals surface area contributed by atoms with E-state index in [1.807, 2.05) is 37.4 Å². The maximum Gasteiger partial charge on any atom is 0.213 e. The summed E-state index contributed by atoms with van der Waals surface area (Å²) in [5.41, 5.74) is 6.58. The summed E-state index contributed by atoms with van der Waals surface area (Å²) >= 11 is 0. The highest BCUT2D eigenvalue weighted by atomic mass is 28.4. The van der Waals surface area contributed by atoms with Crippen molar-refractivity contribution in [1.82, 2.24) is 0 Å². The highest BCUT2D eigenvalue weighted by Gasteiger charge is 2.19. The molecule has 0 spiro atoms. The average molecular weight is 181 g/mol. The van der Waals surface area contributed by atoms with Crippen LogP contribution in [-0.4, -0.2) is 13.1 Å². The Kier molecular flexibility index (Phi) is 2.67. The van der Waals surface area contributed by atoms with E-state index in [1.165, 1.54) is 0 Å². The molecule has 3 heteroatoms. The molecule has 3 N–H and O–H groups in total. The molecule has 0 aliphatic heterocycles. The Morgan fingerprint density at radius 3 is 2.58 bits per heavy atom. The van der Waals surface area contributed by atoms with E-state index in [4.69, 9.17) is 5.73 Å². The van der Waals surface area contributed by atoms with E-state index < -0.39 is 8.32 Å². The Bertz CT molecular complexity index is 267. The third-order valence-electron chi connectivity index (χ3n) is 1.87. The van der Waals surface area contributed by atoms with Crippen LogP contribution in [0.1, 0.15) is 5.56 Å². The number of hydrogen-bond acceptors (Lipinski definition) is 2. The van der Waals surface area contributed by atoms with Crippen molar-refractivity contribution in [2.24, 2.45) is 5.73 Å². The first-order chi connectivity index (χ1) is 5.54. The summed E-state index contributed by atoms with van der Waals surface area (Å²) in [7, 11) is -2.14. The molecule has 0 aliphatic carbocycles. The molecule has 0 bridgehead atoms. The predicted molar refractivity (Wildman–Crippen MR) is 53.7 cm³/mol. The van der Waals surface area contributed by atoms with E-state index in [0.717, 1.165) is 10.8 Å². The topological polar surface area (TPSA) is 46.2 Å². The third-order valence-corrected chi connectivity index (χ3v) is 3.59. The average Bonchev–Trinajstić information content (AvgIpc) is 2.03. The minimum absolute atomic E-state index is 0.540. The summed E-state index contributed by atoms with van der Waals surface area (Å²) in [6, 6.07) is 7.88. The highest BCUT2D eigenvalue weighted by Crippen LogP contribution is 2.01. The van der Waals surface area contributed by atoms with Crippen LogP contribution in [0.5, 0.6) is 0 Å². The Morgan fingerprint density at radius 2 is 2.08 bits per heavy atom. The van der Waals surface area contributed by atoms with Gasteiger partial charge in [0.25, 0.3) is 0 Å². The van der Waals surface area contributed by atoms with E-state index >= 15 is 0 Å². The van der Waals surface area contributed by atoms with E-state index in [1.54, 1.807) is 0 Å². The van der Waals surface area contributed by atoms with Gasteiger partial charge in [-0.25, -0.2) is 0 Å². The molecule has 0 amide bonds. The molecule has 0 fully saturated rings. The normalized spacial score (nSPS) is 11.7. The second kappa shape index (κ2) is 3.39. The van der Waals surface area contributed by atoms with Crippen LogP contribution < -0.4 is 10.9 Å². The summed E-state index contributed by atoms with van der Waals surface area (Å²) in [5.74, 6) is 0. The standard InChI is InChI=1S/C9H15NOSi/c1-12(2,11)9-5-3-4-8(6-9)7-10/h3-6,11H,7,10H2,1-2H3. The van der Waals surface area contributed by atoms with Crippen LogP contribution in [0.3, 0.4) is 0 Å². The number of rotatable bonds is 2. The zero-order valence-electron chi connectivity index (χ0n) is 7.54. The highest BCUT2D eigenvalue weighted by molar-refractivity contribution is 6.83. The molecule has 12 heavy (non-hydrogen) atoms. The van der Waals surface area contributed by atoms with Crippen molar-refractivity contribution >= 4 is 13.5 Å². The number of nitrogens with two attached hydrogens (primary N) is 1. The van der Waals surface area contributed by atoms with Gasteiger partial charge in [-0.15, -0.1) is 0 Å². The first-order valence-electron chi connectivity index (χ1n) is 4.06. The Labute approximate surface area is 74.2 Å². The van der Waals surface area contributed by atoms with Gasteiger partial charge in [0.1, 0.15) is 0 Å². The van der Waals surface area contributed by atoms with Gasteiger partial charge in [-0.2, -0.15) is 0 Å². The summed E-state index contributed by atoms with van der Waals surface area (Å²) in [5, 5.41) is 1.05. The van der Waals surface area contributed by atoms with Gasteiger partial charge in [0.05, 0.1) is 0 Å². The van der Waals surface area contributed by atoms with Crippen LogP contribution in [0, 0.1) is 0 Å². The fourth-order valence-electron chi connectivity index (χ4n) is 1.08. The van der Waals surface area contributed by atoms with Gasteiger partial charge in [-0.05, 0) is 23.8 Å². The second-order valence-electron chi connectivity index (χ2n) is 3.46. The van der Waals surface area contributed by atoms with Gasteiger partial charge in [0.15, 0.2) is 0 Å². The van der Waals surface area contributed by atoms with Crippen LogP contribution in [0.4, 0.5) is 0 Å². The summed E-state index contributed by atoms with van der Waals surface area (Å²) < 4.78 is 0. The van der Waals surface area contributed by atoms with Crippen molar-refractivity contribution in [2.45, 2.75) is 19.6 Å². The maximum absolute atomic E-state index is 9.81. The molecule has 0 heterocycles. The lowest BCUT2D eigenvalue weighted by Crippen LogP contribution is -2.41. The van der Waals surface area contributed by atoms with E-state index in [0.29, 0.717) is 6.54 Å². The molecule has 0 unspecified atom stereocenters. The van der Waals surface area contributed by atoms with Crippen molar-refractivity contribution < 1.29 is 4.80 Å². The van der Waals surface area contributed by atoms with Crippen molar-refractivity contribution in [3.8, 4) is 0 Å². The van der Waals surface area contributed by atoms with Crippen molar-refractivity contribution in [3.63, 3.8) is 0 Å². The van der Waals surface area contributed by atoms with Gasteiger partial charge < -0.3 is 10.5 Å². The van der Waals surface area contributed by atoms with Gasteiger partial charge in [0, 0.05) is 6.54 Å². The molecule has 1 aromatic carbocycles. The van der Waals surface area contributed by atoms with E-state index in [2.05, 4.69) is 0 Å². The Balaban J connectivity index is 3.02. The van der Waals surface area contributed by atoms with Crippen molar-refractivity contribution in [3.05, 3.63) is 29.8 Å². The van der Waals surface area contributed by atoms with E-state index in [-0.39, 0.29) is 0 Å². The van der Waals surface area contributed by atoms with Crippen LogP contribution in [0.25, 0.3) is 0 Å². The molecule has 0 saturated carbocycles. The molecule has 66 valence electrons. The molecule has 0 aromatic heterocycles. The largest absolute Gasteiger partial charge is 0.428 e. The minimum atomic E-state index is -2.14. The molecular weight excluding hydrogens is 166 g/mol. The molecule has 0 saturated heterocycles. The van der Waals surface area contributed by atoms with Crippen LogP contribution >= 0.6 is 0 Å². The van der Waals surface area contributed by atoms with Gasteiger partial charge >= 0.3 is 0 Å². The van der Waals surface area contributed by atoms with Gasteiger partial charge in [-0.3, -0.25) is 0 Å². The smallest absolute Gasteiger partial charge is 0.213 e. The summed E-state index contributed by atoms with van der Waals surface area (Å²) in [4.78, 5) is 9.81. The zero-order chi connectivity index (χ0) is 9.19. The molecule has 0 atom stereocenters. The fourth-order valence-corrected chi connectivity index (χ4v) is 2.12. The maximum atomic E-state index is 9.81. The lowest BCUT2D eigenvalue weighted by molar-refractivity contribution is 0.568. The van der Waals surface area contributed by atoms with Crippen molar-refractivity contribution in [1.29, 1.82) is 0 Å². The second-order valence-corrected chi connectivity index (χ2v) is 7.16. The number of benzene rings is 1. The van der Waals surface area contributed by atoms with Gasteiger partial charge in [-0.1, -0.05) is 24.3 Å². The zero-order valence-corrected chi connectivity index (χ0v) is 8.54. The molecule has 1 rings (SSSR count). The molecular formula is C9H15NOSi. The van der Waals surface area contributed by atoms with E-state index in [9.17, 15) is 4.80 Å². The molecule has 1 aromatic rings. The predicted octanol–water partition coefficient (Wildman–Crippen LogP) is 0.550. The number of hydrogen-bond donors (Lipinski definition) is 2. The quantitative estimate of drug-likeness (QED) is 0.655. The Hall–Kier alpha value is -0.643. The first kappa shape index (κ1) is 9.44. The molecule has 0 aliphatic rings.